The first-order valence-electron chi connectivity index (χ1n) is 12.8. The fraction of sp³-hybridized carbons (Fsp3) is 0.407. The molecule has 1 saturated heterocycles. The van der Waals surface area contributed by atoms with Crippen molar-refractivity contribution in [3.63, 3.8) is 0 Å². The molecular formula is C27H33ClN4O6S. The molecule has 2 aliphatic heterocycles. The Bertz CT molecular complexity index is 1340. The fourth-order valence-corrected chi connectivity index (χ4v) is 6.37. The van der Waals surface area contributed by atoms with E-state index in [1.54, 1.807) is 49.3 Å². The molecule has 12 heteroatoms. The van der Waals surface area contributed by atoms with Crippen LogP contribution in [0, 0.1) is 0 Å². The summed E-state index contributed by atoms with van der Waals surface area (Å²) in [6.45, 7) is 5.77. The van der Waals surface area contributed by atoms with E-state index in [4.69, 9.17) is 21.1 Å². The van der Waals surface area contributed by atoms with Crippen LogP contribution >= 0.6 is 11.6 Å². The molecular weight excluding hydrogens is 544 g/mol. The summed E-state index contributed by atoms with van der Waals surface area (Å²) < 4.78 is 38.5. The summed E-state index contributed by atoms with van der Waals surface area (Å²) >= 11 is 5.92. The van der Waals surface area contributed by atoms with Crippen molar-refractivity contribution in [1.82, 2.24) is 19.4 Å². The second kappa shape index (κ2) is 12.4. The minimum absolute atomic E-state index is 0.182. The number of benzene rings is 2. The second-order valence-corrected chi connectivity index (χ2v) is 11.5. The van der Waals surface area contributed by atoms with Crippen LogP contribution < -0.4 is 10.1 Å². The van der Waals surface area contributed by atoms with Gasteiger partial charge in [0.05, 0.1) is 30.2 Å². The molecule has 4 rings (SSSR count). The average Bonchev–Trinajstić information content (AvgIpc) is 2.93. The van der Waals surface area contributed by atoms with E-state index in [1.165, 1.54) is 16.4 Å². The molecule has 0 bridgehead atoms. The quantitative estimate of drug-likeness (QED) is 0.456. The predicted octanol–water partition coefficient (Wildman–Crippen LogP) is 3.26. The summed E-state index contributed by atoms with van der Waals surface area (Å²) in [6, 6.07) is 12.3. The molecule has 210 valence electrons. The van der Waals surface area contributed by atoms with Gasteiger partial charge in [0.2, 0.25) is 10.0 Å². The number of nitrogens with one attached hydrogen (secondary N) is 1. The number of piperazine rings is 1. The Morgan fingerprint density at radius 3 is 2.38 bits per heavy atom. The van der Waals surface area contributed by atoms with Crippen molar-refractivity contribution >= 4 is 33.6 Å². The number of ether oxygens (including phenoxy) is 2. The number of likely N-dealkylation sites (N-methyl/N-ethyl adjacent to an activating group) is 1. The lowest BCUT2D eigenvalue weighted by Crippen LogP contribution is -2.53. The van der Waals surface area contributed by atoms with Crippen LogP contribution in [0.3, 0.4) is 0 Å². The van der Waals surface area contributed by atoms with Crippen LogP contribution in [0.4, 0.5) is 4.79 Å². The monoisotopic (exact) mass is 576 g/mol. The number of sulfonamides is 1. The normalized spacial score (nSPS) is 19.1. The van der Waals surface area contributed by atoms with Gasteiger partial charge in [0.25, 0.3) is 0 Å². The number of nitrogens with zero attached hydrogens (tertiary/aromatic N) is 3. The van der Waals surface area contributed by atoms with Crippen molar-refractivity contribution in [2.24, 2.45) is 0 Å². The van der Waals surface area contributed by atoms with Gasteiger partial charge in [-0.2, -0.15) is 4.31 Å². The van der Waals surface area contributed by atoms with Crippen LogP contribution in [0.2, 0.25) is 5.02 Å². The van der Waals surface area contributed by atoms with E-state index >= 15 is 0 Å². The number of amides is 2. The number of halogens is 1. The van der Waals surface area contributed by atoms with Gasteiger partial charge in [-0.1, -0.05) is 23.7 Å². The van der Waals surface area contributed by atoms with Gasteiger partial charge < -0.3 is 14.8 Å². The van der Waals surface area contributed by atoms with E-state index in [2.05, 4.69) is 5.32 Å². The van der Waals surface area contributed by atoms with Crippen molar-refractivity contribution in [2.45, 2.75) is 24.8 Å². The van der Waals surface area contributed by atoms with Crippen molar-refractivity contribution in [3.05, 3.63) is 70.4 Å². The molecule has 1 unspecified atom stereocenters. The molecule has 2 aromatic carbocycles. The standard InChI is InChI=1S/C27H33ClN4O6S/c1-4-32-23(18-30-13-15-31(16-14-30)39(35,36)22-11-9-20(28)10-12-22)24(26(33)38-5-2)25(29-27(32)34)19-7-6-8-21(17-19)37-3/h6-12,17,25H,4-5,13-16,18H2,1-3H3,(H,29,34). The number of urea groups is 1. The van der Waals surface area contributed by atoms with Gasteiger partial charge >= 0.3 is 12.0 Å². The summed E-state index contributed by atoms with van der Waals surface area (Å²) in [5.74, 6) is 0.0881. The van der Waals surface area contributed by atoms with Crippen molar-refractivity contribution in [3.8, 4) is 5.75 Å². The van der Waals surface area contributed by atoms with Crippen molar-refractivity contribution in [2.75, 3.05) is 53.0 Å². The minimum Gasteiger partial charge on any atom is -0.497 e. The SMILES string of the molecule is CCOC(=O)C1=C(CN2CCN(S(=O)(=O)c3ccc(Cl)cc3)CC2)N(CC)C(=O)NC1c1cccc(OC)c1. The molecule has 1 N–H and O–H groups in total. The number of methoxy groups -OCH3 is 1. The van der Waals surface area contributed by atoms with E-state index in [0.717, 1.165) is 0 Å². The third-order valence-corrected chi connectivity index (χ3v) is 9.00. The van der Waals surface area contributed by atoms with Gasteiger partial charge in [-0.15, -0.1) is 0 Å². The Kier molecular flexibility index (Phi) is 9.16. The number of hydrogen-bond donors (Lipinski definition) is 1. The summed E-state index contributed by atoms with van der Waals surface area (Å²) in [5, 5.41) is 3.41. The summed E-state index contributed by atoms with van der Waals surface area (Å²) in [6.07, 6.45) is 0. The zero-order valence-corrected chi connectivity index (χ0v) is 23.8. The largest absolute Gasteiger partial charge is 0.497 e. The molecule has 2 amide bonds. The Morgan fingerprint density at radius 2 is 1.77 bits per heavy atom. The van der Waals surface area contributed by atoms with E-state index in [-0.39, 0.29) is 37.2 Å². The average molecular weight is 577 g/mol. The Labute approximate surface area is 234 Å². The predicted molar refractivity (Wildman–Crippen MR) is 147 cm³/mol. The minimum atomic E-state index is -3.67. The summed E-state index contributed by atoms with van der Waals surface area (Å²) in [5.41, 5.74) is 1.59. The molecule has 39 heavy (non-hydrogen) atoms. The number of esters is 1. The maximum Gasteiger partial charge on any atom is 0.338 e. The molecule has 0 spiro atoms. The number of hydrogen-bond acceptors (Lipinski definition) is 7. The zero-order chi connectivity index (χ0) is 28.2. The highest BCUT2D eigenvalue weighted by Gasteiger charge is 2.39. The first kappa shape index (κ1) is 28.9. The van der Waals surface area contributed by atoms with Gasteiger partial charge in [-0.25, -0.2) is 18.0 Å². The fourth-order valence-electron chi connectivity index (χ4n) is 4.82. The van der Waals surface area contributed by atoms with Crippen LogP contribution in [-0.4, -0.2) is 87.5 Å². The van der Waals surface area contributed by atoms with Gasteiger partial charge in [0.1, 0.15) is 5.75 Å². The first-order chi connectivity index (χ1) is 18.7. The van der Waals surface area contributed by atoms with Crippen LogP contribution in [0.15, 0.2) is 64.7 Å². The summed E-state index contributed by atoms with van der Waals surface area (Å²) in [4.78, 5) is 30.3. The maximum atomic E-state index is 13.3. The van der Waals surface area contributed by atoms with Crippen LogP contribution in [0.25, 0.3) is 0 Å². The lowest BCUT2D eigenvalue weighted by molar-refractivity contribution is -0.139. The smallest absolute Gasteiger partial charge is 0.338 e. The maximum absolute atomic E-state index is 13.3. The molecule has 2 aliphatic rings. The van der Waals surface area contributed by atoms with Crippen LogP contribution in [0.5, 0.6) is 5.75 Å². The third-order valence-electron chi connectivity index (χ3n) is 6.83. The molecule has 10 nitrogen and oxygen atoms in total. The zero-order valence-electron chi connectivity index (χ0n) is 22.2. The van der Waals surface area contributed by atoms with Crippen molar-refractivity contribution < 1.29 is 27.5 Å². The molecule has 1 atom stereocenters. The highest BCUT2D eigenvalue weighted by Crippen LogP contribution is 2.33. The van der Waals surface area contributed by atoms with E-state index < -0.39 is 22.0 Å². The van der Waals surface area contributed by atoms with Crippen LogP contribution in [0.1, 0.15) is 25.5 Å². The Balaban J connectivity index is 1.62. The van der Waals surface area contributed by atoms with E-state index in [0.29, 0.717) is 47.2 Å². The Hall–Kier alpha value is -3.12. The second-order valence-electron chi connectivity index (χ2n) is 9.12. The number of rotatable bonds is 9. The molecule has 2 aromatic rings. The van der Waals surface area contributed by atoms with Gasteiger partial charge in [0.15, 0.2) is 0 Å². The molecule has 0 saturated carbocycles. The van der Waals surface area contributed by atoms with Gasteiger partial charge in [-0.05, 0) is 55.8 Å². The highest BCUT2D eigenvalue weighted by atomic mass is 35.5. The molecule has 1 fully saturated rings. The first-order valence-corrected chi connectivity index (χ1v) is 14.6. The lowest BCUT2D eigenvalue weighted by atomic mass is 9.94. The molecule has 0 radical (unpaired) electrons. The lowest BCUT2D eigenvalue weighted by Gasteiger charge is -2.40. The molecule has 0 aromatic heterocycles. The van der Waals surface area contributed by atoms with E-state index in [9.17, 15) is 18.0 Å². The number of carbonyl (C=O) groups excluding carboxylic acids is 2. The molecule has 0 aliphatic carbocycles. The third kappa shape index (κ3) is 6.22. The number of carbonyl (C=O) groups is 2. The summed E-state index contributed by atoms with van der Waals surface area (Å²) in [7, 11) is -2.11. The van der Waals surface area contributed by atoms with Gasteiger partial charge in [-0.3, -0.25) is 9.80 Å². The Morgan fingerprint density at radius 1 is 1.08 bits per heavy atom. The van der Waals surface area contributed by atoms with E-state index in [1.807, 2.05) is 17.9 Å². The highest BCUT2D eigenvalue weighted by molar-refractivity contribution is 7.89. The molecule has 2 heterocycles. The van der Waals surface area contributed by atoms with Crippen molar-refractivity contribution in [1.29, 1.82) is 0 Å². The van der Waals surface area contributed by atoms with Crippen LogP contribution in [-0.2, 0) is 19.6 Å². The van der Waals surface area contributed by atoms with Gasteiger partial charge in [0, 0.05) is 50.0 Å². The topological polar surface area (TPSA) is 108 Å².